The molecule has 0 fully saturated rings. The minimum absolute atomic E-state index is 0.231. The summed E-state index contributed by atoms with van der Waals surface area (Å²) >= 11 is 0. The largest absolute Gasteiger partial charge is 0.373 e. The molecule has 1 aromatic carbocycles. The zero-order valence-corrected chi connectivity index (χ0v) is 39.2. The van der Waals surface area contributed by atoms with Gasteiger partial charge in [-0.15, -0.1) is 0 Å². The quantitative estimate of drug-likeness (QED) is 0.101. The van der Waals surface area contributed by atoms with E-state index in [0.717, 1.165) is 52.2 Å². The Bertz CT molecular complexity index is 3650. The van der Waals surface area contributed by atoms with Gasteiger partial charge in [0.2, 0.25) is 0 Å². The molecule has 12 bridgehead atoms. The van der Waals surface area contributed by atoms with Gasteiger partial charge in [0.1, 0.15) is 63.2 Å². The molecular weight excluding hydrogens is 917 g/mol. The number of carbonyl (C=O) groups is 3. The smallest absolute Gasteiger partial charge is 0.256 e. The van der Waals surface area contributed by atoms with Crippen LogP contribution in [0.25, 0.3) is 16.9 Å². The molecule has 23 nitrogen and oxygen atoms in total. The summed E-state index contributed by atoms with van der Waals surface area (Å²) in [4.78, 5) is 64.5. The second kappa shape index (κ2) is 18.2. The zero-order valence-electron chi connectivity index (χ0n) is 39.2. The number of pyridine rings is 2. The van der Waals surface area contributed by atoms with Gasteiger partial charge in [-0.25, -0.2) is 24.9 Å². The summed E-state index contributed by atoms with van der Waals surface area (Å²) in [7, 11) is 1.79. The number of nitrogens with zero attached hydrogens (tertiary/aromatic N) is 11. The van der Waals surface area contributed by atoms with Crippen LogP contribution >= 0.6 is 0 Å². The van der Waals surface area contributed by atoms with Gasteiger partial charge >= 0.3 is 0 Å². The van der Waals surface area contributed by atoms with Crippen molar-refractivity contribution in [3.63, 3.8) is 0 Å². The summed E-state index contributed by atoms with van der Waals surface area (Å²) in [6.07, 6.45) is 7.94. The van der Waals surface area contributed by atoms with Crippen LogP contribution in [0.2, 0.25) is 0 Å². The maximum Gasteiger partial charge on any atom is 0.256 e. The van der Waals surface area contributed by atoms with E-state index in [1.165, 1.54) is 18.6 Å². The number of amides is 3. The molecule has 8 aromatic heterocycles. The number of hydrogen-bond donors (Lipinski definition) is 9. The monoisotopic (exact) mass is 964 g/mol. The van der Waals surface area contributed by atoms with Crippen molar-refractivity contribution in [2.24, 2.45) is 0 Å². The predicted octanol–water partition coefficient (Wildman–Crippen LogP) is 5.05. The highest BCUT2D eigenvalue weighted by Gasteiger charge is 2.22. The normalized spacial score (nSPS) is 14.7. The molecule has 3 aliphatic heterocycles. The van der Waals surface area contributed by atoms with Crippen LogP contribution in [0.15, 0.2) is 79.3 Å². The van der Waals surface area contributed by atoms with Crippen LogP contribution in [-0.2, 0) is 32.4 Å². The Labute approximate surface area is 410 Å². The average Bonchev–Trinajstić information content (AvgIpc) is 4.12. The molecule has 0 saturated carbocycles. The summed E-state index contributed by atoms with van der Waals surface area (Å²) in [5.74, 6) is 3.74. The Morgan fingerprint density at radius 1 is 0.500 bits per heavy atom. The van der Waals surface area contributed by atoms with E-state index in [4.69, 9.17) is 24.9 Å². The summed E-state index contributed by atoms with van der Waals surface area (Å²) in [5, 5.41) is 43.2. The number of nitrogens with one attached hydrogen (secondary N) is 9. The SMILES string of the molecule is CNc1cc2nc3c(cnn13)C(=O)NCCCc1cc(CNc3cc4nc5c(cnn35)C(=O)NCCc3cc(CNc5cc6nc7c(cnn57)C(=O)NCCCc5cc(C)cc(n5)N6)cc(n3)N4)cc(c1)N2. The number of aromatic nitrogens is 11. The van der Waals surface area contributed by atoms with Crippen LogP contribution in [0, 0.1) is 6.92 Å². The number of benzene rings is 1. The van der Waals surface area contributed by atoms with Crippen molar-refractivity contribution < 1.29 is 14.4 Å². The third kappa shape index (κ3) is 8.66. The lowest BCUT2D eigenvalue weighted by atomic mass is 10.0. The minimum Gasteiger partial charge on any atom is -0.373 e. The predicted molar refractivity (Wildman–Crippen MR) is 270 cm³/mol. The van der Waals surface area contributed by atoms with Gasteiger partial charge in [0.05, 0.1) is 18.6 Å². The number of hydrogen-bond acceptors (Lipinski definition) is 17. The Hall–Kier alpha value is -9.41. The first-order chi connectivity index (χ1) is 35.2. The van der Waals surface area contributed by atoms with Gasteiger partial charge < -0.3 is 47.9 Å². The van der Waals surface area contributed by atoms with E-state index in [0.29, 0.717) is 132 Å². The highest BCUT2D eigenvalue weighted by Crippen LogP contribution is 2.29. The van der Waals surface area contributed by atoms with Crippen molar-refractivity contribution in [1.82, 2.24) is 69.7 Å². The lowest BCUT2D eigenvalue weighted by Crippen LogP contribution is -2.26. The molecule has 9 aromatic rings. The van der Waals surface area contributed by atoms with Crippen molar-refractivity contribution in [3.05, 3.63) is 130 Å². The van der Waals surface area contributed by atoms with Gasteiger partial charge in [0, 0.05) is 81.5 Å². The molecule has 72 heavy (non-hydrogen) atoms. The topological polar surface area (TPSA) is 276 Å². The Morgan fingerprint density at radius 3 is 1.61 bits per heavy atom. The van der Waals surface area contributed by atoms with Gasteiger partial charge in [-0.05, 0) is 91.3 Å². The first-order valence-electron chi connectivity index (χ1n) is 23.7. The van der Waals surface area contributed by atoms with E-state index in [1.807, 2.05) is 49.4 Å². The lowest BCUT2D eigenvalue weighted by Gasteiger charge is -2.16. The molecule has 23 heteroatoms. The number of anilines is 9. The van der Waals surface area contributed by atoms with Crippen LogP contribution in [-0.4, -0.2) is 98.2 Å². The van der Waals surface area contributed by atoms with Gasteiger partial charge in [0.25, 0.3) is 17.7 Å². The summed E-state index contributed by atoms with van der Waals surface area (Å²) < 4.78 is 4.86. The third-order valence-corrected chi connectivity index (χ3v) is 12.6. The summed E-state index contributed by atoms with van der Waals surface area (Å²) in [6.45, 7) is 4.03. The zero-order chi connectivity index (χ0) is 48.9. The van der Waals surface area contributed by atoms with Crippen molar-refractivity contribution in [1.29, 1.82) is 0 Å². The molecule has 11 heterocycles. The second-order valence-electron chi connectivity index (χ2n) is 17.9. The molecule has 0 spiro atoms. The molecular formula is C49H48N20O3. The van der Waals surface area contributed by atoms with Gasteiger partial charge in [-0.2, -0.15) is 28.8 Å². The van der Waals surface area contributed by atoms with Crippen LogP contribution in [0.3, 0.4) is 0 Å². The van der Waals surface area contributed by atoms with Crippen molar-refractivity contribution >= 4 is 86.9 Å². The molecule has 3 amide bonds. The van der Waals surface area contributed by atoms with Gasteiger partial charge in [-0.3, -0.25) is 14.4 Å². The van der Waals surface area contributed by atoms with Crippen LogP contribution in [0.5, 0.6) is 0 Å². The number of carbonyl (C=O) groups excluding carboxylic acids is 3. The fraction of sp³-hybridized carbons (Fsp3) is 0.245. The second-order valence-corrected chi connectivity index (χ2v) is 17.9. The van der Waals surface area contributed by atoms with Crippen LogP contribution < -0.4 is 47.9 Å². The molecule has 3 aliphatic rings. The third-order valence-electron chi connectivity index (χ3n) is 12.6. The average molecular weight is 965 g/mol. The Morgan fingerprint density at radius 2 is 1.00 bits per heavy atom. The van der Waals surface area contributed by atoms with Crippen LogP contribution in [0.1, 0.15) is 77.6 Å². The maximum atomic E-state index is 13.7. The molecule has 0 saturated heterocycles. The molecule has 0 atom stereocenters. The van der Waals surface area contributed by atoms with E-state index < -0.39 is 0 Å². The van der Waals surface area contributed by atoms with E-state index in [2.05, 4.69) is 81.3 Å². The van der Waals surface area contributed by atoms with Crippen molar-refractivity contribution in [2.45, 2.75) is 52.1 Å². The van der Waals surface area contributed by atoms with Crippen molar-refractivity contribution in [2.75, 3.05) is 58.6 Å². The fourth-order valence-electron chi connectivity index (χ4n) is 9.30. The molecule has 0 radical (unpaired) electrons. The molecule has 0 aliphatic carbocycles. The van der Waals surface area contributed by atoms with E-state index >= 15 is 0 Å². The minimum atomic E-state index is -0.309. The number of rotatable bonds is 7. The maximum absolute atomic E-state index is 13.7. The summed E-state index contributed by atoms with van der Waals surface area (Å²) in [5.41, 5.74) is 8.75. The first kappa shape index (κ1) is 43.8. The highest BCUT2D eigenvalue weighted by molar-refractivity contribution is 6.01. The van der Waals surface area contributed by atoms with E-state index in [9.17, 15) is 14.4 Å². The molecule has 12 rings (SSSR count). The van der Waals surface area contributed by atoms with Crippen LogP contribution in [0.4, 0.5) is 52.2 Å². The van der Waals surface area contributed by atoms with Crippen molar-refractivity contribution in [3.8, 4) is 0 Å². The van der Waals surface area contributed by atoms with E-state index in [-0.39, 0.29) is 17.7 Å². The number of aryl methyl sites for hydroxylation is 3. The molecule has 9 N–H and O–H groups in total. The van der Waals surface area contributed by atoms with E-state index in [1.54, 1.807) is 20.6 Å². The van der Waals surface area contributed by atoms with Gasteiger partial charge in [-0.1, -0.05) is 6.07 Å². The first-order valence-corrected chi connectivity index (χ1v) is 23.7. The molecule has 0 unspecified atom stereocenters. The van der Waals surface area contributed by atoms with Gasteiger partial charge in [0.15, 0.2) is 16.9 Å². The summed E-state index contributed by atoms with van der Waals surface area (Å²) in [6, 6.07) is 19.7. The lowest BCUT2D eigenvalue weighted by molar-refractivity contribution is 0.0946. The number of fused-ring (bicyclic) bond motifs is 9. The fourth-order valence-corrected chi connectivity index (χ4v) is 9.30. The highest BCUT2D eigenvalue weighted by atomic mass is 16.2. The standard InChI is InChI=1S/C49H48N20O3/c1-26-11-30-6-4-9-52-48(71)34-24-57-69-43(19-39(65-45(34)69)62-36(12-26)59-30)55-22-29-15-31-7-10-53-49(72)35-25-58-68-42(20-40(66-46(35)68)63-37(17-29)60-31)54-21-28-13-27-5-3-8-51-47(70)33-23-56-67-41(50-2)18-38(64-44(33)67)61-32(14-27)16-28/h11-20,23-25,50,54-55H,3-10,21-22H2,1-2H3,(H,51,70)(H,52,71)(H,53,72)(H,61,64)(H,59,62,65)(H,60,63,66). The molecule has 362 valence electrons. The Balaban J connectivity index is 0.835. The Kier molecular flexibility index (Phi) is 11.1.